The summed E-state index contributed by atoms with van der Waals surface area (Å²) in [6.07, 6.45) is 3.39. The third kappa shape index (κ3) is 4.54. The summed E-state index contributed by atoms with van der Waals surface area (Å²) in [4.78, 5) is 25.1. The maximum Gasteiger partial charge on any atom is 0.270 e. The number of aromatic nitrogens is 2. The lowest BCUT2D eigenvalue weighted by molar-refractivity contribution is 0.0947. The van der Waals surface area contributed by atoms with Crippen LogP contribution in [-0.4, -0.2) is 54.5 Å². The van der Waals surface area contributed by atoms with Gasteiger partial charge in [-0.2, -0.15) is 0 Å². The van der Waals surface area contributed by atoms with Gasteiger partial charge in [0.15, 0.2) is 0 Å². The van der Waals surface area contributed by atoms with Crippen LogP contribution in [0.1, 0.15) is 28.0 Å². The average Bonchev–Trinajstić information content (AvgIpc) is 2.64. The van der Waals surface area contributed by atoms with Gasteiger partial charge in [0.1, 0.15) is 17.8 Å². The Morgan fingerprint density at radius 2 is 2.04 bits per heavy atom. The number of carbonyl (C=O) groups is 1. The van der Waals surface area contributed by atoms with E-state index in [1.54, 1.807) is 6.07 Å². The average molecular weight is 339 g/mol. The van der Waals surface area contributed by atoms with Crippen LogP contribution in [0, 0.1) is 0 Å². The smallest absolute Gasteiger partial charge is 0.270 e. The van der Waals surface area contributed by atoms with Crippen LogP contribution >= 0.6 is 0 Å². The van der Waals surface area contributed by atoms with Crippen LogP contribution in [0.3, 0.4) is 0 Å². The molecule has 0 atom stereocenters. The molecule has 0 radical (unpaired) electrons. The summed E-state index contributed by atoms with van der Waals surface area (Å²) in [5.74, 6) is 0.669. The molecule has 1 aliphatic heterocycles. The lowest BCUT2D eigenvalue weighted by Crippen LogP contribution is -2.32. The predicted octanol–water partition coefficient (Wildman–Crippen LogP) is 1.72. The third-order valence-corrected chi connectivity index (χ3v) is 4.41. The number of nitrogens with one attached hydrogen (secondary N) is 1. The van der Waals surface area contributed by atoms with Crippen LogP contribution in [-0.2, 0) is 13.0 Å². The molecular formula is C19H25N5O. The third-order valence-electron chi connectivity index (χ3n) is 4.41. The molecule has 25 heavy (non-hydrogen) atoms. The first kappa shape index (κ1) is 17.4. The maximum atomic E-state index is 12.3. The van der Waals surface area contributed by atoms with Gasteiger partial charge < -0.3 is 15.1 Å². The van der Waals surface area contributed by atoms with E-state index in [9.17, 15) is 4.79 Å². The molecular weight excluding hydrogens is 314 g/mol. The SMILES string of the molecule is CN(C)CCCNC(=O)c1cc(N2CCc3ccccc3C2)ncn1. The van der Waals surface area contributed by atoms with Gasteiger partial charge in [0, 0.05) is 25.7 Å². The second kappa shape index (κ2) is 8.07. The molecule has 0 saturated carbocycles. The normalized spacial score (nSPS) is 13.6. The molecule has 1 aromatic carbocycles. The molecule has 132 valence electrons. The molecule has 1 aliphatic rings. The van der Waals surface area contributed by atoms with E-state index in [0.717, 1.165) is 38.3 Å². The van der Waals surface area contributed by atoms with Crippen molar-refractivity contribution in [3.8, 4) is 0 Å². The van der Waals surface area contributed by atoms with Crippen molar-refractivity contribution in [2.45, 2.75) is 19.4 Å². The fourth-order valence-electron chi connectivity index (χ4n) is 3.02. The van der Waals surface area contributed by atoms with Gasteiger partial charge >= 0.3 is 0 Å². The van der Waals surface area contributed by atoms with Gasteiger partial charge in [-0.3, -0.25) is 4.79 Å². The van der Waals surface area contributed by atoms with Gasteiger partial charge in [-0.25, -0.2) is 9.97 Å². The predicted molar refractivity (Wildman–Crippen MR) is 98.7 cm³/mol. The largest absolute Gasteiger partial charge is 0.352 e. The van der Waals surface area contributed by atoms with Crippen molar-refractivity contribution >= 4 is 11.7 Å². The Labute approximate surface area is 148 Å². The molecule has 0 saturated heterocycles. The molecule has 6 nitrogen and oxygen atoms in total. The first-order chi connectivity index (χ1) is 12.1. The van der Waals surface area contributed by atoms with Crippen molar-refractivity contribution in [2.24, 2.45) is 0 Å². The zero-order valence-electron chi connectivity index (χ0n) is 14.9. The van der Waals surface area contributed by atoms with Crippen LogP contribution in [0.2, 0.25) is 0 Å². The number of benzene rings is 1. The number of carbonyl (C=O) groups excluding carboxylic acids is 1. The summed E-state index contributed by atoms with van der Waals surface area (Å²) in [5.41, 5.74) is 3.14. The van der Waals surface area contributed by atoms with E-state index in [0.29, 0.717) is 12.2 Å². The quantitative estimate of drug-likeness (QED) is 0.812. The first-order valence-corrected chi connectivity index (χ1v) is 8.70. The van der Waals surface area contributed by atoms with Crippen LogP contribution in [0.15, 0.2) is 36.7 Å². The van der Waals surface area contributed by atoms with E-state index in [-0.39, 0.29) is 5.91 Å². The molecule has 6 heteroatoms. The molecule has 1 N–H and O–H groups in total. The summed E-state index contributed by atoms with van der Waals surface area (Å²) in [6, 6.07) is 10.3. The molecule has 0 aliphatic carbocycles. The number of hydrogen-bond acceptors (Lipinski definition) is 5. The molecule has 1 amide bonds. The Hall–Kier alpha value is -2.47. The summed E-state index contributed by atoms with van der Waals surface area (Å²) in [7, 11) is 4.05. The van der Waals surface area contributed by atoms with Crippen LogP contribution in [0.5, 0.6) is 0 Å². The van der Waals surface area contributed by atoms with E-state index in [2.05, 4.69) is 49.4 Å². The Balaban J connectivity index is 1.63. The van der Waals surface area contributed by atoms with Crippen molar-refractivity contribution < 1.29 is 4.79 Å². The summed E-state index contributed by atoms with van der Waals surface area (Å²) in [5, 5.41) is 2.93. The van der Waals surface area contributed by atoms with Gasteiger partial charge in [0.2, 0.25) is 0 Å². The van der Waals surface area contributed by atoms with Crippen LogP contribution < -0.4 is 10.2 Å². The second-order valence-corrected chi connectivity index (χ2v) is 6.61. The van der Waals surface area contributed by atoms with Gasteiger partial charge in [-0.05, 0) is 44.6 Å². The zero-order chi connectivity index (χ0) is 17.6. The van der Waals surface area contributed by atoms with Gasteiger partial charge in [-0.15, -0.1) is 0 Å². The van der Waals surface area contributed by atoms with Crippen molar-refractivity contribution in [1.29, 1.82) is 0 Å². The number of rotatable bonds is 6. The summed E-state index contributed by atoms with van der Waals surface area (Å²) in [6.45, 7) is 3.31. The lowest BCUT2D eigenvalue weighted by atomic mass is 10.00. The van der Waals surface area contributed by atoms with Crippen LogP contribution in [0.25, 0.3) is 0 Å². The van der Waals surface area contributed by atoms with Gasteiger partial charge in [-0.1, -0.05) is 24.3 Å². The van der Waals surface area contributed by atoms with Crippen molar-refractivity contribution in [2.75, 3.05) is 38.6 Å². The van der Waals surface area contributed by atoms with Crippen molar-refractivity contribution in [3.63, 3.8) is 0 Å². The number of anilines is 1. The molecule has 3 rings (SSSR count). The Bertz CT molecular complexity index is 731. The highest BCUT2D eigenvalue weighted by molar-refractivity contribution is 5.92. The molecule has 2 aromatic rings. The number of nitrogens with zero attached hydrogens (tertiary/aromatic N) is 4. The molecule has 2 heterocycles. The second-order valence-electron chi connectivity index (χ2n) is 6.61. The van der Waals surface area contributed by atoms with E-state index >= 15 is 0 Å². The Morgan fingerprint density at radius 1 is 1.24 bits per heavy atom. The van der Waals surface area contributed by atoms with E-state index in [1.807, 2.05) is 14.1 Å². The fraction of sp³-hybridized carbons (Fsp3) is 0.421. The van der Waals surface area contributed by atoms with Crippen LogP contribution in [0.4, 0.5) is 5.82 Å². The molecule has 1 aromatic heterocycles. The highest BCUT2D eigenvalue weighted by Gasteiger charge is 2.18. The minimum Gasteiger partial charge on any atom is -0.352 e. The van der Waals surface area contributed by atoms with Crippen molar-refractivity contribution in [1.82, 2.24) is 20.2 Å². The minimum absolute atomic E-state index is 0.139. The number of amides is 1. The number of hydrogen-bond donors (Lipinski definition) is 1. The zero-order valence-corrected chi connectivity index (χ0v) is 14.9. The molecule has 0 fully saturated rings. The van der Waals surface area contributed by atoms with E-state index in [4.69, 9.17) is 0 Å². The summed E-state index contributed by atoms with van der Waals surface area (Å²) >= 11 is 0. The Kier molecular flexibility index (Phi) is 5.60. The van der Waals surface area contributed by atoms with E-state index < -0.39 is 0 Å². The standard InChI is InChI=1S/C19H25N5O/c1-23(2)10-5-9-20-19(25)17-12-18(22-14-21-17)24-11-8-15-6-3-4-7-16(15)13-24/h3-4,6-7,12,14H,5,8-11,13H2,1-2H3,(H,20,25). The lowest BCUT2D eigenvalue weighted by Gasteiger charge is -2.29. The highest BCUT2D eigenvalue weighted by Crippen LogP contribution is 2.22. The van der Waals surface area contributed by atoms with Gasteiger partial charge in [0.05, 0.1) is 0 Å². The van der Waals surface area contributed by atoms with Gasteiger partial charge in [0.25, 0.3) is 5.91 Å². The van der Waals surface area contributed by atoms with E-state index in [1.165, 1.54) is 17.5 Å². The topological polar surface area (TPSA) is 61.4 Å². The number of fused-ring (bicyclic) bond motifs is 1. The maximum absolute atomic E-state index is 12.3. The molecule has 0 bridgehead atoms. The highest BCUT2D eigenvalue weighted by atomic mass is 16.1. The van der Waals surface area contributed by atoms with Crippen molar-refractivity contribution in [3.05, 3.63) is 53.5 Å². The first-order valence-electron chi connectivity index (χ1n) is 8.70. The molecule has 0 spiro atoms. The fourth-order valence-corrected chi connectivity index (χ4v) is 3.02. The molecule has 0 unspecified atom stereocenters. The minimum atomic E-state index is -0.139. The Morgan fingerprint density at radius 3 is 2.84 bits per heavy atom. The monoisotopic (exact) mass is 339 g/mol. The summed E-state index contributed by atoms with van der Waals surface area (Å²) < 4.78 is 0.